The first-order valence-electron chi connectivity index (χ1n) is 6.42. The van der Waals surface area contributed by atoms with Crippen LogP contribution in [0.25, 0.3) is 0 Å². The average molecular weight is 254 g/mol. The van der Waals surface area contributed by atoms with E-state index in [9.17, 15) is 0 Å². The third kappa shape index (κ3) is 3.97. The highest BCUT2D eigenvalue weighted by Crippen LogP contribution is 2.02. The average Bonchev–Trinajstić information content (AvgIpc) is 2.41. The summed E-state index contributed by atoms with van der Waals surface area (Å²) < 4.78 is 10.6. The van der Waals surface area contributed by atoms with Crippen LogP contribution in [0, 0.1) is 0 Å². The van der Waals surface area contributed by atoms with Crippen molar-refractivity contribution < 1.29 is 9.47 Å². The second-order valence-electron chi connectivity index (χ2n) is 4.44. The molecule has 2 rings (SSSR count). The highest BCUT2D eigenvalue weighted by molar-refractivity contribution is 5.96. The van der Waals surface area contributed by atoms with Crippen LogP contribution in [0.3, 0.4) is 0 Å². The molecule has 2 aliphatic heterocycles. The van der Waals surface area contributed by atoms with Gasteiger partial charge < -0.3 is 14.9 Å². The predicted molar refractivity (Wildman–Crippen MR) is 70.2 cm³/mol. The van der Waals surface area contributed by atoms with Crippen LogP contribution < -0.4 is 5.43 Å². The summed E-state index contributed by atoms with van der Waals surface area (Å²) in [4.78, 5) is 0. The smallest absolute Gasteiger partial charge is 0.0812 e. The molecular weight excluding hydrogens is 232 g/mol. The van der Waals surface area contributed by atoms with Crippen molar-refractivity contribution in [1.29, 1.82) is 0 Å². The molecule has 0 unspecified atom stereocenters. The van der Waals surface area contributed by atoms with Crippen LogP contribution in [0.2, 0.25) is 0 Å². The van der Waals surface area contributed by atoms with E-state index in [2.05, 4.69) is 22.1 Å². The highest BCUT2D eigenvalue weighted by Gasteiger charge is 2.13. The molecule has 6 nitrogen and oxygen atoms in total. The summed E-state index contributed by atoms with van der Waals surface area (Å²) in [6.45, 7) is 12.5. The van der Waals surface area contributed by atoms with E-state index in [1.165, 1.54) is 0 Å². The third-order valence-electron chi connectivity index (χ3n) is 3.02. The van der Waals surface area contributed by atoms with E-state index in [4.69, 9.17) is 9.47 Å². The normalized spacial score (nSPS) is 22.9. The van der Waals surface area contributed by atoms with Gasteiger partial charge in [-0.05, 0) is 6.92 Å². The molecule has 0 bridgehead atoms. The maximum absolute atomic E-state index is 5.30. The molecule has 0 atom stereocenters. The number of hydrazine groups is 1. The molecule has 102 valence electrons. The van der Waals surface area contributed by atoms with Gasteiger partial charge in [-0.3, -0.25) is 5.01 Å². The van der Waals surface area contributed by atoms with Crippen LogP contribution in [0.5, 0.6) is 0 Å². The van der Waals surface area contributed by atoms with E-state index in [-0.39, 0.29) is 0 Å². The van der Waals surface area contributed by atoms with Crippen molar-refractivity contribution in [2.45, 2.75) is 6.92 Å². The van der Waals surface area contributed by atoms with Crippen LogP contribution in [-0.4, -0.2) is 68.3 Å². The van der Waals surface area contributed by atoms with Crippen LogP contribution in [-0.2, 0) is 9.47 Å². The first-order chi connectivity index (χ1) is 8.75. The van der Waals surface area contributed by atoms with Crippen molar-refractivity contribution in [3.63, 3.8) is 0 Å². The fourth-order valence-corrected chi connectivity index (χ4v) is 1.87. The van der Waals surface area contributed by atoms with Crippen LogP contribution in [0.15, 0.2) is 17.4 Å². The lowest BCUT2D eigenvalue weighted by atomic mass is 10.3. The van der Waals surface area contributed by atoms with Crippen molar-refractivity contribution in [2.24, 2.45) is 5.10 Å². The Labute approximate surface area is 108 Å². The molecule has 18 heavy (non-hydrogen) atoms. The third-order valence-corrected chi connectivity index (χ3v) is 3.02. The van der Waals surface area contributed by atoms with Crippen molar-refractivity contribution in [1.82, 2.24) is 15.4 Å². The van der Waals surface area contributed by atoms with Crippen LogP contribution >= 0.6 is 0 Å². The molecule has 2 fully saturated rings. The molecule has 2 aliphatic rings. The van der Waals surface area contributed by atoms with Crippen molar-refractivity contribution in [2.75, 3.05) is 52.6 Å². The Morgan fingerprint density at radius 3 is 2.22 bits per heavy atom. The Hall–Kier alpha value is -1.11. The Balaban J connectivity index is 1.81. The number of allylic oxidation sites excluding steroid dienone is 1. The molecule has 0 amide bonds. The zero-order valence-corrected chi connectivity index (χ0v) is 11.0. The lowest BCUT2D eigenvalue weighted by molar-refractivity contribution is 0.0196. The molecule has 2 saturated heterocycles. The fourth-order valence-electron chi connectivity index (χ4n) is 1.87. The largest absolute Gasteiger partial charge is 0.379 e. The van der Waals surface area contributed by atoms with Crippen LogP contribution in [0.4, 0.5) is 0 Å². The summed E-state index contributed by atoms with van der Waals surface area (Å²) in [6.07, 6.45) is 0. The number of rotatable bonds is 4. The standard InChI is InChI=1S/C12H22N4O2/c1-11(13-15-3-7-17-8-4-15)12(2)14-16-5-9-18-10-6-16/h13H,1,3-10H2,2H3/b14-12+. The number of nitrogens with zero attached hydrogens (tertiary/aromatic N) is 3. The zero-order valence-electron chi connectivity index (χ0n) is 11.0. The van der Waals surface area contributed by atoms with Crippen molar-refractivity contribution in [3.05, 3.63) is 12.3 Å². The number of nitrogens with one attached hydrogen (secondary N) is 1. The van der Waals surface area contributed by atoms with Gasteiger partial charge in [0.05, 0.1) is 50.9 Å². The Kier molecular flexibility index (Phi) is 4.98. The fraction of sp³-hybridized carbons (Fsp3) is 0.750. The van der Waals surface area contributed by atoms with Gasteiger partial charge in [-0.25, -0.2) is 5.01 Å². The first kappa shape index (κ1) is 13.3. The van der Waals surface area contributed by atoms with E-state index in [1.54, 1.807) is 0 Å². The summed E-state index contributed by atoms with van der Waals surface area (Å²) >= 11 is 0. The van der Waals surface area contributed by atoms with Crippen molar-refractivity contribution in [3.8, 4) is 0 Å². The Bertz CT molecular complexity index is 307. The first-order valence-corrected chi connectivity index (χ1v) is 6.42. The van der Waals surface area contributed by atoms with Gasteiger partial charge in [0.1, 0.15) is 0 Å². The van der Waals surface area contributed by atoms with Gasteiger partial charge in [0.25, 0.3) is 0 Å². The maximum Gasteiger partial charge on any atom is 0.0812 e. The summed E-state index contributed by atoms with van der Waals surface area (Å²) in [6, 6.07) is 0. The van der Waals surface area contributed by atoms with E-state index < -0.39 is 0 Å². The van der Waals surface area contributed by atoms with E-state index in [0.717, 1.165) is 64.0 Å². The molecule has 0 aromatic carbocycles. The van der Waals surface area contributed by atoms with Gasteiger partial charge in [0.15, 0.2) is 0 Å². The zero-order chi connectivity index (χ0) is 12.8. The summed E-state index contributed by atoms with van der Waals surface area (Å²) in [5.41, 5.74) is 5.05. The number of hydrogen-bond acceptors (Lipinski definition) is 6. The van der Waals surface area contributed by atoms with Gasteiger partial charge >= 0.3 is 0 Å². The number of morpholine rings is 2. The molecule has 0 saturated carbocycles. The quantitative estimate of drug-likeness (QED) is 0.718. The van der Waals surface area contributed by atoms with E-state index in [1.807, 2.05) is 11.9 Å². The molecule has 0 spiro atoms. The van der Waals surface area contributed by atoms with E-state index in [0.29, 0.717) is 0 Å². The van der Waals surface area contributed by atoms with Gasteiger partial charge in [-0.1, -0.05) is 6.58 Å². The highest BCUT2D eigenvalue weighted by atomic mass is 16.5. The molecular formula is C12H22N4O2. The lowest BCUT2D eigenvalue weighted by Crippen LogP contribution is -2.46. The van der Waals surface area contributed by atoms with E-state index >= 15 is 0 Å². The summed E-state index contributed by atoms with van der Waals surface area (Å²) in [5, 5.41) is 8.70. The SMILES string of the molecule is C=C(NN1CCOCC1)/C(C)=N/N1CCOCC1. The minimum Gasteiger partial charge on any atom is -0.379 e. The summed E-state index contributed by atoms with van der Waals surface area (Å²) in [7, 11) is 0. The molecule has 6 heteroatoms. The number of hydrazone groups is 1. The Morgan fingerprint density at radius 1 is 1.06 bits per heavy atom. The summed E-state index contributed by atoms with van der Waals surface area (Å²) in [5.74, 6) is 0. The second-order valence-corrected chi connectivity index (χ2v) is 4.44. The van der Waals surface area contributed by atoms with Gasteiger partial charge in [-0.15, -0.1) is 0 Å². The minimum absolute atomic E-state index is 0.750. The second kappa shape index (κ2) is 6.72. The molecule has 0 aliphatic carbocycles. The molecule has 0 aromatic rings. The maximum atomic E-state index is 5.30. The van der Waals surface area contributed by atoms with Gasteiger partial charge in [-0.2, -0.15) is 5.10 Å². The molecule has 1 N–H and O–H groups in total. The molecule has 0 aromatic heterocycles. The van der Waals surface area contributed by atoms with Crippen LogP contribution in [0.1, 0.15) is 6.92 Å². The number of hydrogen-bond donors (Lipinski definition) is 1. The minimum atomic E-state index is 0.750. The predicted octanol–water partition coefficient (Wildman–Crippen LogP) is 0.0450. The molecule has 0 radical (unpaired) electrons. The topological polar surface area (TPSA) is 49.3 Å². The lowest BCUT2D eigenvalue weighted by Gasteiger charge is -2.29. The molecule has 2 heterocycles. The van der Waals surface area contributed by atoms with Crippen molar-refractivity contribution >= 4 is 5.71 Å². The Morgan fingerprint density at radius 2 is 1.61 bits per heavy atom. The van der Waals surface area contributed by atoms with Gasteiger partial charge in [0.2, 0.25) is 0 Å². The number of ether oxygens (including phenoxy) is 2. The van der Waals surface area contributed by atoms with Gasteiger partial charge in [0, 0.05) is 13.1 Å². The monoisotopic (exact) mass is 254 g/mol.